The molecular weight excluding hydrogens is 273 g/mol. The standard InChI is InChI=1S/C15H24NO3P/c1-12(17)15(5,6)16-20(18,14(2,3)4)19-13-10-8-7-9-11-13/h7-11H,1-6H3,(H,16,18). The van der Waals surface area contributed by atoms with E-state index in [1.807, 2.05) is 39.0 Å². The summed E-state index contributed by atoms with van der Waals surface area (Å²) in [5.41, 5.74) is -0.905. The van der Waals surface area contributed by atoms with Crippen LogP contribution in [-0.4, -0.2) is 16.5 Å². The zero-order valence-corrected chi connectivity index (χ0v) is 14.0. The van der Waals surface area contributed by atoms with E-state index in [0.717, 1.165) is 0 Å². The predicted octanol–water partition coefficient (Wildman–Crippen LogP) is 4.01. The summed E-state index contributed by atoms with van der Waals surface area (Å²) in [6, 6.07) is 9.00. The van der Waals surface area contributed by atoms with Crippen molar-refractivity contribution in [2.24, 2.45) is 0 Å². The van der Waals surface area contributed by atoms with Gasteiger partial charge in [0.2, 0.25) is 0 Å². The van der Waals surface area contributed by atoms with Gasteiger partial charge in [0, 0.05) is 0 Å². The molecule has 1 atom stereocenters. The summed E-state index contributed by atoms with van der Waals surface area (Å²) >= 11 is 0. The van der Waals surface area contributed by atoms with Crippen molar-refractivity contribution in [2.75, 3.05) is 0 Å². The molecule has 0 aliphatic heterocycles. The molecule has 1 unspecified atom stereocenters. The number of Topliss-reactive ketones (excluding diaryl/α,β-unsaturated/α-hetero) is 1. The first-order valence-electron chi connectivity index (χ1n) is 6.63. The van der Waals surface area contributed by atoms with Gasteiger partial charge in [0.1, 0.15) is 11.5 Å². The summed E-state index contributed by atoms with van der Waals surface area (Å²) in [5.74, 6) is 0.441. The van der Waals surface area contributed by atoms with E-state index in [4.69, 9.17) is 4.52 Å². The van der Waals surface area contributed by atoms with Gasteiger partial charge in [-0.2, -0.15) is 0 Å². The van der Waals surface area contributed by atoms with Crippen molar-refractivity contribution in [3.63, 3.8) is 0 Å². The summed E-state index contributed by atoms with van der Waals surface area (Å²) in [6.07, 6.45) is 0. The molecule has 0 saturated carbocycles. The number of para-hydroxylation sites is 1. The average molecular weight is 297 g/mol. The van der Waals surface area contributed by atoms with Crippen molar-refractivity contribution in [1.29, 1.82) is 0 Å². The largest absolute Gasteiger partial charge is 0.432 e. The number of rotatable bonds is 5. The Morgan fingerprint density at radius 1 is 1.10 bits per heavy atom. The van der Waals surface area contributed by atoms with Crippen molar-refractivity contribution in [3.8, 4) is 5.75 Å². The molecule has 0 bridgehead atoms. The molecule has 0 saturated heterocycles. The molecule has 0 fully saturated rings. The van der Waals surface area contributed by atoms with Gasteiger partial charge in [-0.05, 0) is 53.7 Å². The Hall–Kier alpha value is -1.12. The third kappa shape index (κ3) is 3.94. The van der Waals surface area contributed by atoms with Crippen molar-refractivity contribution in [2.45, 2.75) is 52.2 Å². The van der Waals surface area contributed by atoms with Crippen LogP contribution in [-0.2, 0) is 9.36 Å². The molecule has 0 aliphatic carbocycles. The van der Waals surface area contributed by atoms with Crippen molar-refractivity contribution in [1.82, 2.24) is 5.09 Å². The number of nitrogens with one attached hydrogen (secondary N) is 1. The molecule has 4 nitrogen and oxygen atoms in total. The second kappa shape index (κ2) is 5.71. The highest BCUT2D eigenvalue weighted by atomic mass is 31.2. The molecule has 0 radical (unpaired) electrons. The van der Waals surface area contributed by atoms with E-state index in [-0.39, 0.29) is 5.78 Å². The molecule has 1 aromatic rings. The van der Waals surface area contributed by atoms with Gasteiger partial charge >= 0.3 is 7.52 Å². The quantitative estimate of drug-likeness (QED) is 0.834. The monoisotopic (exact) mass is 297 g/mol. The van der Waals surface area contributed by atoms with Crippen LogP contribution in [0.4, 0.5) is 0 Å². The smallest absolute Gasteiger partial charge is 0.322 e. The van der Waals surface area contributed by atoms with Gasteiger partial charge in [0.15, 0.2) is 0 Å². The van der Waals surface area contributed by atoms with Crippen molar-refractivity contribution < 1.29 is 13.9 Å². The van der Waals surface area contributed by atoms with Crippen LogP contribution in [0, 0.1) is 0 Å². The number of benzene rings is 1. The van der Waals surface area contributed by atoms with Gasteiger partial charge in [-0.3, -0.25) is 9.36 Å². The van der Waals surface area contributed by atoms with Crippen LogP contribution in [0.15, 0.2) is 30.3 Å². The van der Waals surface area contributed by atoms with Gasteiger partial charge in [-0.25, -0.2) is 5.09 Å². The molecule has 1 N–H and O–H groups in total. The normalized spacial score (nSPS) is 15.5. The minimum absolute atomic E-state index is 0.0846. The number of hydrogen-bond donors (Lipinski definition) is 1. The van der Waals surface area contributed by atoms with Crippen LogP contribution < -0.4 is 9.61 Å². The second-order valence-electron chi connectivity index (χ2n) is 6.42. The van der Waals surface area contributed by atoms with Gasteiger partial charge in [-0.1, -0.05) is 18.2 Å². The number of carbonyl (C=O) groups is 1. The van der Waals surface area contributed by atoms with E-state index < -0.39 is 18.2 Å². The summed E-state index contributed by atoms with van der Waals surface area (Å²) < 4.78 is 19.0. The molecule has 1 rings (SSSR count). The fraction of sp³-hybridized carbons (Fsp3) is 0.533. The molecular formula is C15H24NO3P. The summed E-state index contributed by atoms with van der Waals surface area (Å²) in [4.78, 5) is 11.7. The number of carbonyl (C=O) groups excluding carboxylic acids is 1. The average Bonchev–Trinajstić information content (AvgIpc) is 2.27. The van der Waals surface area contributed by atoms with E-state index in [2.05, 4.69) is 5.09 Å². The topological polar surface area (TPSA) is 55.4 Å². The molecule has 0 aliphatic rings. The Labute approximate surface area is 121 Å². The van der Waals surface area contributed by atoms with E-state index in [1.54, 1.807) is 26.0 Å². The fourth-order valence-electron chi connectivity index (χ4n) is 1.40. The van der Waals surface area contributed by atoms with Gasteiger partial charge in [0.25, 0.3) is 0 Å². The summed E-state index contributed by atoms with van der Waals surface area (Å²) in [5, 5.41) is 2.31. The highest BCUT2D eigenvalue weighted by molar-refractivity contribution is 7.59. The first kappa shape index (κ1) is 16.9. The Bertz CT molecular complexity index is 518. The van der Waals surface area contributed by atoms with Crippen LogP contribution in [0.1, 0.15) is 41.5 Å². The third-order valence-electron chi connectivity index (χ3n) is 3.17. The minimum Gasteiger partial charge on any atom is -0.432 e. The SMILES string of the molecule is CC(=O)C(C)(C)NP(=O)(Oc1ccccc1)C(C)(C)C. The second-order valence-corrected chi connectivity index (χ2v) is 9.27. The molecule has 0 aromatic heterocycles. The first-order valence-corrected chi connectivity index (χ1v) is 8.26. The lowest BCUT2D eigenvalue weighted by molar-refractivity contribution is -0.121. The molecule has 0 amide bonds. The molecule has 112 valence electrons. The number of hydrogen-bond acceptors (Lipinski definition) is 3. The van der Waals surface area contributed by atoms with Crippen LogP contribution in [0.5, 0.6) is 5.75 Å². The van der Waals surface area contributed by atoms with Crippen LogP contribution in [0.3, 0.4) is 0 Å². The maximum atomic E-state index is 13.2. The van der Waals surface area contributed by atoms with E-state index in [0.29, 0.717) is 5.75 Å². The Balaban J connectivity index is 3.12. The van der Waals surface area contributed by atoms with Crippen molar-refractivity contribution in [3.05, 3.63) is 30.3 Å². The summed E-state index contributed by atoms with van der Waals surface area (Å²) in [6.45, 7) is 10.4. The maximum absolute atomic E-state index is 13.2. The fourth-order valence-corrected chi connectivity index (χ4v) is 3.37. The van der Waals surface area contributed by atoms with Crippen LogP contribution in [0.2, 0.25) is 0 Å². The highest BCUT2D eigenvalue weighted by Crippen LogP contribution is 2.56. The zero-order chi connectivity index (χ0) is 15.6. The van der Waals surface area contributed by atoms with Gasteiger partial charge in [-0.15, -0.1) is 0 Å². The Morgan fingerprint density at radius 3 is 2.00 bits per heavy atom. The van der Waals surface area contributed by atoms with Crippen LogP contribution >= 0.6 is 7.52 Å². The Kier molecular flexibility index (Phi) is 4.83. The molecule has 5 heteroatoms. The van der Waals surface area contributed by atoms with E-state index in [9.17, 15) is 9.36 Å². The number of ketones is 1. The lowest BCUT2D eigenvalue weighted by atomic mass is 10.0. The predicted molar refractivity (Wildman–Crippen MR) is 82.3 cm³/mol. The Morgan fingerprint density at radius 2 is 1.60 bits per heavy atom. The first-order chi connectivity index (χ1) is 8.98. The molecule has 0 spiro atoms. The highest BCUT2D eigenvalue weighted by Gasteiger charge is 2.44. The molecule has 0 heterocycles. The van der Waals surface area contributed by atoms with E-state index in [1.165, 1.54) is 6.92 Å². The maximum Gasteiger partial charge on any atom is 0.322 e. The van der Waals surface area contributed by atoms with E-state index >= 15 is 0 Å². The van der Waals surface area contributed by atoms with Crippen LogP contribution in [0.25, 0.3) is 0 Å². The van der Waals surface area contributed by atoms with Crippen molar-refractivity contribution >= 4 is 13.3 Å². The lowest BCUT2D eigenvalue weighted by Crippen LogP contribution is -2.47. The minimum atomic E-state index is -3.27. The lowest BCUT2D eigenvalue weighted by Gasteiger charge is -2.36. The molecule has 20 heavy (non-hydrogen) atoms. The van der Waals surface area contributed by atoms with Gasteiger partial charge < -0.3 is 4.52 Å². The summed E-state index contributed by atoms with van der Waals surface area (Å²) in [7, 11) is -3.27. The molecule has 1 aromatic carbocycles. The third-order valence-corrected chi connectivity index (χ3v) is 6.25. The zero-order valence-electron chi connectivity index (χ0n) is 13.1. The van der Waals surface area contributed by atoms with Gasteiger partial charge in [0.05, 0.1) is 10.7 Å².